The van der Waals surface area contributed by atoms with Crippen molar-refractivity contribution in [2.24, 2.45) is 0 Å². The van der Waals surface area contributed by atoms with Gasteiger partial charge in [-0.05, 0) is 36.6 Å². The van der Waals surface area contributed by atoms with Crippen LogP contribution in [0.25, 0.3) is 10.8 Å². The minimum atomic E-state index is -0.196. The quantitative estimate of drug-likeness (QED) is 0.622. The van der Waals surface area contributed by atoms with Gasteiger partial charge in [-0.3, -0.25) is 0 Å². The molecule has 0 aromatic heterocycles. The molecule has 3 aromatic carbocycles. The summed E-state index contributed by atoms with van der Waals surface area (Å²) >= 11 is 3.40. The standard InChI is InChI=1S/C18H15BrFN/c1-12(16-11-14(19)9-10-17(16)20)21-18-8-4-6-13-5-2-3-7-15(13)18/h2-12,21H,1H3. The van der Waals surface area contributed by atoms with Gasteiger partial charge in [-0.1, -0.05) is 52.3 Å². The van der Waals surface area contributed by atoms with E-state index in [1.54, 1.807) is 6.07 Å². The zero-order chi connectivity index (χ0) is 14.8. The zero-order valence-electron chi connectivity index (χ0n) is 11.6. The topological polar surface area (TPSA) is 12.0 Å². The first-order chi connectivity index (χ1) is 10.1. The summed E-state index contributed by atoms with van der Waals surface area (Å²) in [5.74, 6) is -0.196. The van der Waals surface area contributed by atoms with Gasteiger partial charge in [-0.2, -0.15) is 0 Å². The Morgan fingerprint density at radius 3 is 2.62 bits per heavy atom. The summed E-state index contributed by atoms with van der Waals surface area (Å²) in [5, 5.41) is 5.72. The molecule has 0 aliphatic heterocycles. The smallest absolute Gasteiger partial charge is 0.128 e. The van der Waals surface area contributed by atoms with E-state index < -0.39 is 0 Å². The minimum absolute atomic E-state index is 0.117. The molecular weight excluding hydrogens is 329 g/mol. The Kier molecular flexibility index (Phi) is 3.93. The summed E-state index contributed by atoms with van der Waals surface area (Å²) in [7, 11) is 0. The maximum atomic E-state index is 14.0. The highest BCUT2D eigenvalue weighted by Gasteiger charge is 2.12. The molecule has 1 nitrogen and oxygen atoms in total. The van der Waals surface area contributed by atoms with Gasteiger partial charge >= 0.3 is 0 Å². The van der Waals surface area contributed by atoms with E-state index in [1.807, 2.05) is 37.3 Å². The van der Waals surface area contributed by atoms with E-state index in [-0.39, 0.29) is 11.9 Å². The third-order valence-corrected chi connectivity index (χ3v) is 4.08. The summed E-state index contributed by atoms with van der Waals surface area (Å²) in [6.07, 6.45) is 0. The van der Waals surface area contributed by atoms with Crippen molar-refractivity contribution in [1.29, 1.82) is 0 Å². The number of rotatable bonds is 3. The molecule has 0 heterocycles. The van der Waals surface area contributed by atoms with Crippen molar-refractivity contribution in [2.45, 2.75) is 13.0 Å². The zero-order valence-corrected chi connectivity index (χ0v) is 13.2. The molecule has 3 heteroatoms. The van der Waals surface area contributed by atoms with E-state index in [0.29, 0.717) is 5.56 Å². The lowest BCUT2D eigenvalue weighted by Gasteiger charge is -2.18. The van der Waals surface area contributed by atoms with E-state index in [2.05, 4.69) is 39.4 Å². The Bertz CT molecular complexity index is 780. The highest BCUT2D eigenvalue weighted by Crippen LogP contribution is 2.29. The van der Waals surface area contributed by atoms with Crippen molar-refractivity contribution in [3.63, 3.8) is 0 Å². The Labute approximate surface area is 131 Å². The van der Waals surface area contributed by atoms with Gasteiger partial charge in [0.25, 0.3) is 0 Å². The molecule has 0 fully saturated rings. The molecule has 0 amide bonds. The van der Waals surface area contributed by atoms with Crippen molar-refractivity contribution in [1.82, 2.24) is 0 Å². The third kappa shape index (κ3) is 2.93. The third-order valence-electron chi connectivity index (χ3n) is 3.59. The maximum absolute atomic E-state index is 14.0. The van der Waals surface area contributed by atoms with Gasteiger partial charge in [0.05, 0.1) is 6.04 Å². The van der Waals surface area contributed by atoms with Crippen molar-refractivity contribution in [3.05, 3.63) is 76.5 Å². The highest BCUT2D eigenvalue weighted by molar-refractivity contribution is 9.10. The lowest BCUT2D eigenvalue weighted by Crippen LogP contribution is -2.09. The van der Waals surface area contributed by atoms with E-state index in [9.17, 15) is 4.39 Å². The number of hydrogen-bond donors (Lipinski definition) is 1. The lowest BCUT2D eigenvalue weighted by molar-refractivity contribution is 0.600. The Balaban J connectivity index is 1.96. The molecule has 1 N–H and O–H groups in total. The van der Waals surface area contributed by atoms with Gasteiger partial charge in [0, 0.05) is 21.1 Å². The van der Waals surface area contributed by atoms with Crippen LogP contribution in [-0.2, 0) is 0 Å². The van der Waals surface area contributed by atoms with Gasteiger partial charge in [-0.25, -0.2) is 4.39 Å². The molecular formula is C18H15BrFN. The molecule has 106 valence electrons. The van der Waals surface area contributed by atoms with Gasteiger partial charge < -0.3 is 5.32 Å². The predicted octanol–water partition coefficient (Wildman–Crippen LogP) is 5.91. The number of fused-ring (bicyclic) bond motifs is 1. The monoisotopic (exact) mass is 343 g/mol. The minimum Gasteiger partial charge on any atom is -0.378 e. The molecule has 0 aliphatic rings. The number of halogens is 2. The van der Waals surface area contributed by atoms with E-state index in [0.717, 1.165) is 15.5 Å². The van der Waals surface area contributed by atoms with Crippen LogP contribution in [0.5, 0.6) is 0 Å². The van der Waals surface area contributed by atoms with Crippen molar-refractivity contribution < 1.29 is 4.39 Å². The first-order valence-corrected chi connectivity index (χ1v) is 7.64. The normalized spacial score (nSPS) is 12.3. The van der Waals surface area contributed by atoms with Crippen molar-refractivity contribution in [3.8, 4) is 0 Å². The van der Waals surface area contributed by atoms with Gasteiger partial charge in [-0.15, -0.1) is 0 Å². The predicted molar refractivity (Wildman–Crippen MR) is 90.1 cm³/mol. The molecule has 0 radical (unpaired) electrons. The summed E-state index contributed by atoms with van der Waals surface area (Å²) in [6, 6.07) is 19.2. The largest absolute Gasteiger partial charge is 0.378 e. The van der Waals surface area contributed by atoms with Gasteiger partial charge in [0.2, 0.25) is 0 Å². The SMILES string of the molecule is CC(Nc1cccc2ccccc12)c1cc(Br)ccc1F. The van der Waals surface area contributed by atoms with Gasteiger partial charge in [0.1, 0.15) is 5.82 Å². The van der Waals surface area contributed by atoms with E-state index >= 15 is 0 Å². The first-order valence-electron chi connectivity index (χ1n) is 6.84. The molecule has 0 saturated carbocycles. The van der Waals surface area contributed by atoms with Crippen molar-refractivity contribution >= 4 is 32.4 Å². The van der Waals surface area contributed by atoms with Crippen LogP contribution in [-0.4, -0.2) is 0 Å². The Morgan fingerprint density at radius 1 is 1.00 bits per heavy atom. The van der Waals surface area contributed by atoms with E-state index in [1.165, 1.54) is 11.5 Å². The van der Waals surface area contributed by atoms with Crippen LogP contribution in [0.4, 0.5) is 10.1 Å². The number of nitrogens with one attached hydrogen (secondary N) is 1. The Morgan fingerprint density at radius 2 is 1.76 bits per heavy atom. The molecule has 3 aromatic rings. The number of benzene rings is 3. The highest BCUT2D eigenvalue weighted by atomic mass is 79.9. The second-order valence-corrected chi connectivity index (χ2v) is 5.97. The van der Waals surface area contributed by atoms with Crippen LogP contribution < -0.4 is 5.32 Å². The molecule has 0 spiro atoms. The van der Waals surface area contributed by atoms with Crippen molar-refractivity contribution in [2.75, 3.05) is 5.32 Å². The number of hydrogen-bond acceptors (Lipinski definition) is 1. The second kappa shape index (κ2) is 5.86. The maximum Gasteiger partial charge on any atom is 0.128 e. The summed E-state index contributed by atoms with van der Waals surface area (Å²) in [4.78, 5) is 0. The molecule has 1 atom stereocenters. The summed E-state index contributed by atoms with van der Waals surface area (Å²) in [5.41, 5.74) is 1.66. The average molecular weight is 344 g/mol. The van der Waals surface area contributed by atoms with Crippen LogP contribution in [0.2, 0.25) is 0 Å². The molecule has 21 heavy (non-hydrogen) atoms. The Hall–Kier alpha value is -1.87. The molecule has 1 unspecified atom stereocenters. The van der Waals surface area contributed by atoms with Crippen LogP contribution >= 0.6 is 15.9 Å². The number of anilines is 1. The fraction of sp³-hybridized carbons (Fsp3) is 0.111. The van der Waals surface area contributed by atoms with Crippen LogP contribution in [0.1, 0.15) is 18.5 Å². The van der Waals surface area contributed by atoms with E-state index in [4.69, 9.17) is 0 Å². The molecule has 0 saturated heterocycles. The lowest BCUT2D eigenvalue weighted by atomic mass is 10.1. The first kappa shape index (κ1) is 14.1. The second-order valence-electron chi connectivity index (χ2n) is 5.06. The van der Waals surface area contributed by atoms with Gasteiger partial charge in [0.15, 0.2) is 0 Å². The average Bonchev–Trinajstić information content (AvgIpc) is 2.50. The summed E-state index contributed by atoms with van der Waals surface area (Å²) in [6.45, 7) is 1.96. The van der Waals surface area contributed by atoms with Crippen LogP contribution in [0, 0.1) is 5.82 Å². The van der Waals surface area contributed by atoms with Crippen LogP contribution in [0.15, 0.2) is 65.1 Å². The fourth-order valence-corrected chi connectivity index (χ4v) is 2.89. The fourth-order valence-electron chi connectivity index (χ4n) is 2.51. The summed E-state index contributed by atoms with van der Waals surface area (Å²) < 4.78 is 14.9. The van der Waals surface area contributed by atoms with Crippen LogP contribution in [0.3, 0.4) is 0 Å². The molecule has 0 bridgehead atoms. The molecule has 0 aliphatic carbocycles. The molecule has 3 rings (SSSR count).